The Morgan fingerprint density at radius 1 is 1.16 bits per heavy atom. The Hall–Kier alpha value is -3.15. The van der Waals surface area contributed by atoms with Gasteiger partial charge in [-0.25, -0.2) is 5.43 Å². The fourth-order valence-electron chi connectivity index (χ4n) is 2.56. The van der Waals surface area contributed by atoms with E-state index < -0.39 is 0 Å². The van der Waals surface area contributed by atoms with Gasteiger partial charge in [-0.3, -0.25) is 14.5 Å². The third-order valence-electron chi connectivity index (χ3n) is 3.80. The fraction of sp³-hybridized carbons (Fsp3) is 0.211. The molecule has 0 saturated heterocycles. The number of hydrogen-bond donors (Lipinski definition) is 1. The first-order valence-electron chi connectivity index (χ1n) is 8.10. The number of fused-ring (bicyclic) bond motifs is 1. The molecule has 2 amide bonds. The molecule has 6 nitrogen and oxygen atoms in total. The smallest absolute Gasteiger partial charge is 0.265 e. The van der Waals surface area contributed by atoms with Gasteiger partial charge in [0.15, 0.2) is 6.61 Å². The van der Waals surface area contributed by atoms with Crippen LogP contribution in [0, 0.1) is 0 Å². The number of carbonyl (C=O) groups excluding carboxylic acids is 2. The molecule has 2 aromatic rings. The maximum Gasteiger partial charge on any atom is 0.265 e. The van der Waals surface area contributed by atoms with Crippen molar-refractivity contribution in [3.63, 3.8) is 0 Å². The van der Waals surface area contributed by atoms with Crippen molar-refractivity contribution in [2.75, 3.05) is 18.1 Å². The minimum atomic E-state index is -0.346. The average molecular weight is 337 g/mol. The summed E-state index contributed by atoms with van der Waals surface area (Å²) in [4.78, 5) is 25.5. The molecule has 0 spiro atoms. The zero-order valence-electron chi connectivity index (χ0n) is 13.7. The lowest BCUT2D eigenvalue weighted by atomic mass is 10.1. The lowest BCUT2D eigenvalue weighted by Crippen LogP contribution is -2.44. The van der Waals surface area contributed by atoms with Gasteiger partial charge in [-0.1, -0.05) is 42.5 Å². The molecule has 1 aliphatic heterocycles. The number of benzene rings is 2. The van der Waals surface area contributed by atoms with Crippen LogP contribution in [0.15, 0.2) is 59.7 Å². The van der Waals surface area contributed by atoms with E-state index in [2.05, 4.69) is 10.5 Å². The van der Waals surface area contributed by atoms with Crippen molar-refractivity contribution in [3.8, 4) is 5.75 Å². The van der Waals surface area contributed by atoms with E-state index >= 15 is 0 Å². The van der Waals surface area contributed by atoms with Gasteiger partial charge in [-0.05, 0) is 30.5 Å². The Labute approximate surface area is 146 Å². The monoisotopic (exact) mass is 337 g/mol. The number of carbonyl (C=O) groups is 2. The zero-order valence-corrected chi connectivity index (χ0v) is 13.7. The summed E-state index contributed by atoms with van der Waals surface area (Å²) in [6, 6.07) is 17.2. The molecule has 0 aliphatic carbocycles. The Balaban J connectivity index is 1.49. The summed E-state index contributed by atoms with van der Waals surface area (Å²) in [5.74, 6) is 0.00387. The second kappa shape index (κ2) is 8.10. The quantitative estimate of drug-likeness (QED) is 0.648. The van der Waals surface area contributed by atoms with Crippen LogP contribution in [-0.4, -0.2) is 31.2 Å². The van der Waals surface area contributed by atoms with Crippen LogP contribution < -0.4 is 15.1 Å². The molecule has 0 atom stereocenters. The summed E-state index contributed by atoms with van der Waals surface area (Å²) < 4.78 is 5.35. The summed E-state index contributed by atoms with van der Waals surface area (Å²) >= 11 is 0. The number of rotatable bonds is 6. The van der Waals surface area contributed by atoms with Crippen molar-refractivity contribution in [1.82, 2.24) is 5.43 Å². The highest BCUT2D eigenvalue weighted by atomic mass is 16.5. The van der Waals surface area contributed by atoms with E-state index in [1.54, 1.807) is 24.4 Å². The maximum absolute atomic E-state index is 12.0. The number of para-hydroxylation sites is 2. The largest absolute Gasteiger partial charge is 0.482 e. The zero-order chi connectivity index (χ0) is 17.5. The van der Waals surface area contributed by atoms with Crippen LogP contribution in [-0.2, 0) is 16.0 Å². The molecule has 0 fully saturated rings. The predicted molar refractivity (Wildman–Crippen MR) is 95.7 cm³/mol. The SMILES string of the molecule is O=C(CN1C(=O)COc2ccccc21)N/N=C\CCc1ccccc1. The van der Waals surface area contributed by atoms with Crippen molar-refractivity contribution in [2.24, 2.45) is 5.10 Å². The van der Waals surface area contributed by atoms with E-state index in [0.29, 0.717) is 11.4 Å². The molecule has 25 heavy (non-hydrogen) atoms. The summed E-state index contributed by atoms with van der Waals surface area (Å²) in [7, 11) is 0. The van der Waals surface area contributed by atoms with Crippen molar-refractivity contribution in [2.45, 2.75) is 12.8 Å². The Morgan fingerprint density at radius 3 is 2.76 bits per heavy atom. The summed E-state index contributed by atoms with van der Waals surface area (Å²) in [6.07, 6.45) is 3.25. The van der Waals surface area contributed by atoms with Gasteiger partial charge in [0.2, 0.25) is 0 Å². The molecular formula is C19H19N3O3. The molecule has 2 aromatic carbocycles. The molecule has 1 heterocycles. The topological polar surface area (TPSA) is 71.0 Å². The number of amides is 2. The van der Waals surface area contributed by atoms with Crippen molar-refractivity contribution >= 4 is 23.7 Å². The molecule has 3 rings (SSSR count). The van der Waals surface area contributed by atoms with Crippen LogP contribution in [0.2, 0.25) is 0 Å². The molecule has 1 aliphatic rings. The van der Waals surface area contributed by atoms with E-state index in [0.717, 1.165) is 12.8 Å². The van der Waals surface area contributed by atoms with Crippen LogP contribution >= 0.6 is 0 Å². The Morgan fingerprint density at radius 2 is 1.92 bits per heavy atom. The normalized spacial score (nSPS) is 13.4. The first-order chi connectivity index (χ1) is 12.2. The average Bonchev–Trinajstić information content (AvgIpc) is 2.65. The lowest BCUT2D eigenvalue weighted by molar-refractivity contribution is -0.125. The van der Waals surface area contributed by atoms with Gasteiger partial charge in [0.25, 0.3) is 11.8 Å². The maximum atomic E-state index is 12.0. The molecule has 0 radical (unpaired) electrons. The fourth-order valence-corrected chi connectivity index (χ4v) is 2.56. The summed E-state index contributed by atoms with van der Waals surface area (Å²) in [6.45, 7) is -0.153. The number of hydrogen-bond acceptors (Lipinski definition) is 4. The number of hydrazone groups is 1. The van der Waals surface area contributed by atoms with Gasteiger partial charge in [0, 0.05) is 6.21 Å². The van der Waals surface area contributed by atoms with Gasteiger partial charge in [0.1, 0.15) is 12.3 Å². The van der Waals surface area contributed by atoms with Crippen LogP contribution in [0.5, 0.6) is 5.75 Å². The molecule has 0 aromatic heterocycles. The number of ether oxygens (including phenoxy) is 1. The number of anilines is 1. The predicted octanol–water partition coefficient (Wildman–Crippen LogP) is 2.15. The summed E-state index contributed by atoms with van der Waals surface area (Å²) in [5, 5.41) is 3.94. The molecule has 0 unspecified atom stereocenters. The van der Waals surface area contributed by atoms with Crippen molar-refractivity contribution < 1.29 is 14.3 Å². The highest BCUT2D eigenvalue weighted by Gasteiger charge is 2.26. The third-order valence-corrected chi connectivity index (χ3v) is 3.80. The first-order valence-corrected chi connectivity index (χ1v) is 8.10. The van der Waals surface area contributed by atoms with E-state index in [9.17, 15) is 9.59 Å². The molecule has 6 heteroatoms. The van der Waals surface area contributed by atoms with Crippen LogP contribution in [0.25, 0.3) is 0 Å². The third kappa shape index (κ3) is 4.44. The second-order valence-electron chi connectivity index (χ2n) is 5.61. The standard InChI is InChI=1S/C19H19N3O3/c23-18(21-20-12-6-9-15-7-2-1-3-8-15)13-22-16-10-4-5-11-17(16)25-14-19(22)24/h1-5,7-8,10-12H,6,9,13-14H2,(H,21,23)/b20-12-. The molecule has 128 valence electrons. The van der Waals surface area contributed by atoms with Gasteiger partial charge in [-0.2, -0.15) is 5.10 Å². The highest BCUT2D eigenvalue weighted by molar-refractivity contribution is 6.02. The minimum Gasteiger partial charge on any atom is -0.482 e. The van der Waals surface area contributed by atoms with Crippen LogP contribution in [0.1, 0.15) is 12.0 Å². The highest BCUT2D eigenvalue weighted by Crippen LogP contribution is 2.31. The van der Waals surface area contributed by atoms with Crippen LogP contribution in [0.3, 0.4) is 0 Å². The minimum absolute atomic E-state index is 0.0648. The van der Waals surface area contributed by atoms with E-state index in [4.69, 9.17) is 4.74 Å². The van der Waals surface area contributed by atoms with Crippen LogP contribution in [0.4, 0.5) is 5.69 Å². The molecule has 0 saturated carbocycles. The number of nitrogens with zero attached hydrogens (tertiary/aromatic N) is 2. The van der Waals surface area contributed by atoms with Crippen molar-refractivity contribution in [3.05, 3.63) is 60.2 Å². The van der Waals surface area contributed by atoms with Gasteiger partial charge >= 0.3 is 0 Å². The van der Waals surface area contributed by atoms with Gasteiger partial charge in [0.05, 0.1) is 5.69 Å². The van der Waals surface area contributed by atoms with E-state index in [1.807, 2.05) is 36.4 Å². The number of aryl methyl sites for hydroxylation is 1. The van der Waals surface area contributed by atoms with Crippen molar-refractivity contribution in [1.29, 1.82) is 0 Å². The van der Waals surface area contributed by atoms with Gasteiger partial charge in [-0.15, -0.1) is 0 Å². The van der Waals surface area contributed by atoms with E-state index in [-0.39, 0.29) is 25.0 Å². The molecule has 1 N–H and O–H groups in total. The Kier molecular flexibility index (Phi) is 5.41. The number of nitrogens with one attached hydrogen (secondary N) is 1. The van der Waals surface area contributed by atoms with E-state index in [1.165, 1.54) is 10.5 Å². The van der Waals surface area contributed by atoms with Gasteiger partial charge < -0.3 is 4.74 Å². The first kappa shape index (κ1) is 16.7. The molecular weight excluding hydrogens is 318 g/mol. The summed E-state index contributed by atoms with van der Waals surface area (Å²) in [5.41, 5.74) is 4.28. The Bertz CT molecular complexity index is 774. The second-order valence-corrected chi connectivity index (χ2v) is 5.61. The lowest BCUT2D eigenvalue weighted by Gasteiger charge is -2.28. The molecule has 0 bridgehead atoms.